The highest BCUT2D eigenvalue weighted by Crippen LogP contribution is 2.08. The molecular weight excluding hydrogens is 219 g/mol. The van der Waals surface area contributed by atoms with E-state index >= 15 is 0 Å². The van der Waals surface area contributed by atoms with E-state index in [0.717, 1.165) is 0 Å². The van der Waals surface area contributed by atoms with Crippen molar-refractivity contribution in [1.82, 2.24) is 10.2 Å². The molecule has 94 valence electrons. The maximum atomic E-state index is 13.4. The molecule has 0 aliphatic carbocycles. The van der Waals surface area contributed by atoms with Crippen molar-refractivity contribution in [2.75, 3.05) is 20.6 Å². The van der Waals surface area contributed by atoms with Gasteiger partial charge in [-0.3, -0.25) is 4.79 Å². The number of amides is 1. The quantitative estimate of drug-likeness (QED) is 0.841. The molecule has 0 fully saturated rings. The van der Waals surface area contributed by atoms with E-state index in [4.69, 9.17) is 0 Å². The number of nitrogens with zero attached hydrogens (tertiary/aromatic N) is 1. The number of hydrogen-bond acceptors (Lipinski definition) is 2. The zero-order valence-corrected chi connectivity index (χ0v) is 10.5. The zero-order chi connectivity index (χ0) is 12.8. The van der Waals surface area contributed by atoms with Crippen LogP contribution in [0.3, 0.4) is 0 Å². The molecule has 4 heteroatoms. The van der Waals surface area contributed by atoms with Gasteiger partial charge in [-0.15, -0.1) is 0 Å². The van der Waals surface area contributed by atoms with Crippen molar-refractivity contribution in [3.63, 3.8) is 0 Å². The van der Waals surface area contributed by atoms with Crippen molar-refractivity contribution in [1.29, 1.82) is 0 Å². The van der Waals surface area contributed by atoms with E-state index in [1.54, 1.807) is 26.2 Å². The van der Waals surface area contributed by atoms with Gasteiger partial charge in [0.25, 0.3) is 0 Å². The Bertz CT molecular complexity index is 379. The van der Waals surface area contributed by atoms with Crippen LogP contribution in [-0.4, -0.2) is 37.5 Å². The molecule has 1 atom stereocenters. The Morgan fingerprint density at radius 3 is 2.65 bits per heavy atom. The molecule has 0 aliphatic rings. The normalized spacial score (nSPS) is 12.2. The standard InChI is InChI=1S/C13H19FN2O/c1-10(15-9-13(17)16(2)3)8-11-6-4-5-7-12(11)14/h4-7,10,15H,8-9H2,1-3H3. The predicted octanol–water partition coefficient (Wildman–Crippen LogP) is 1.43. The Kier molecular flexibility index (Phi) is 5.10. The van der Waals surface area contributed by atoms with Crippen LogP contribution in [0.15, 0.2) is 24.3 Å². The van der Waals surface area contributed by atoms with Gasteiger partial charge in [-0.05, 0) is 25.0 Å². The molecule has 0 radical (unpaired) electrons. The van der Waals surface area contributed by atoms with Gasteiger partial charge in [-0.2, -0.15) is 0 Å². The summed E-state index contributed by atoms with van der Waals surface area (Å²) in [5.74, 6) is -0.175. The summed E-state index contributed by atoms with van der Waals surface area (Å²) in [4.78, 5) is 12.9. The predicted molar refractivity (Wildman–Crippen MR) is 66.3 cm³/mol. The molecular formula is C13H19FN2O. The number of benzene rings is 1. The molecule has 0 saturated heterocycles. The summed E-state index contributed by atoms with van der Waals surface area (Å²) < 4.78 is 13.4. The Morgan fingerprint density at radius 2 is 2.06 bits per heavy atom. The Morgan fingerprint density at radius 1 is 1.41 bits per heavy atom. The molecule has 0 aliphatic heterocycles. The number of nitrogens with one attached hydrogen (secondary N) is 1. The van der Waals surface area contributed by atoms with Gasteiger partial charge >= 0.3 is 0 Å². The summed E-state index contributed by atoms with van der Waals surface area (Å²) in [6, 6.07) is 6.77. The Labute approximate surface area is 102 Å². The van der Waals surface area contributed by atoms with Crippen LogP contribution in [0, 0.1) is 5.82 Å². The van der Waals surface area contributed by atoms with Crippen molar-refractivity contribution in [2.24, 2.45) is 0 Å². The molecule has 3 nitrogen and oxygen atoms in total. The lowest BCUT2D eigenvalue weighted by Gasteiger charge is -2.16. The van der Waals surface area contributed by atoms with Gasteiger partial charge in [-0.25, -0.2) is 4.39 Å². The maximum absolute atomic E-state index is 13.4. The van der Waals surface area contributed by atoms with Crippen LogP contribution in [-0.2, 0) is 11.2 Å². The van der Waals surface area contributed by atoms with Crippen LogP contribution in [0.4, 0.5) is 4.39 Å². The second kappa shape index (κ2) is 6.35. The molecule has 0 aromatic heterocycles. The minimum Gasteiger partial charge on any atom is -0.348 e. The molecule has 0 saturated carbocycles. The van der Waals surface area contributed by atoms with E-state index in [1.807, 2.05) is 13.0 Å². The van der Waals surface area contributed by atoms with Crippen LogP contribution in [0.1, 0.15) is 12.5 Å². The van der Waals surface area contributed by atoms with E-state index in [9.17, 15) is 9.18 Å². The molecule has 1 N–H and O–H groups in total. The molecule has 1 amide bonds. The highest BCUT2D eigenvalue weighted by molar-refractivity contribution is 5.77. The van der Waals surface area contributed by atoms with Crippen LogP contribution in [0.2, 0.25) is 0 Å². The number of halogens is 1. The summed E-state index contributed by atoms with van der Waals surface area (Å²) >= 11 is 0. The number of hydrogen-bond donors (Lipinski definition) is 1. The minimum atomic E-state index is -0.194. The molecule has 1 aromatic carbocycles. The fourth-order valence-electron chi connectivity index (χ4n) is 1.49. The first-order valence-electron chi connectivity index (χ1n) is 5.67. The van der Waals surface area contributed by atoms with E-state index in [2.05, 4.69) is 5.32 Å². The number of likely N-dealkylation sites (N-methyl/N-ethyl adjacent to an activating group) is 1. The topological polar surface area (TPSA) is 32.3 Å². The maximum Gasteiger partial charge on any atom is 0.236 e. The largest absolute Gasteiger partial charge is 0.348 e. The summed E-state index contributed by atoms with van der Waals surface area (Å²) in [5, 5.41) is 3.08. The fourth-order valence-corrected chi connectivity index (χ4v) is 1.49. The van der Waals surface area contributed by atoms with E-state index in [0.29, 0.717) is 12.0 Å². The molecule has 0 spiro atoms. The second-order valence-corrected chi connectivity index (χ2v) is 4.37. The van der Waals surface area contributed by atoms with Gasteiger partial charge in [0.2, 0.25) is 5.91 Å². The summed E-state index contributed by atoms with van der Waals surface area (Å²) in [7, 11) is 3.43. The van der Waals surface area contributed by atoms with Gasteiger partial charge < -0.3 is 10.2 Å². The van der Waals surface area contributed by atoms with Crippen molar-refractivity contribution in [2.45, 2.75) is 19.4 Å². The second-order valence-electron chi connectivity index (χ2n) is 4.37. The third-order valence-electron chi connectivity index (χ3n) is 2.58. The molecule has 17 heavy (non-hydrogen) atoms. The number of carbonyl (C=O) groups is 1. The lowest BCUT2D eigenvalue weighted by molar-refractivity contribution is -0.127. The van der Waals surface area contributed by atoms with Crippen molar-refractivity contribution in [3.8, 4) is 0 Å². The van der Waals surface area contributed by atoms with E-state index in [1.165, 1.54) is 11.0 Å². The van der Waals surface area contributed by atoms with Gasteiger partial charge in [0.05, 0.1) is 6.54 Å². The first kappa shape index (κ1) is 13.6. The zero-order valence-electron chi connectivity index (χ0n) is 10.5. The van der Waals surface area contributed by atoms with Crippen molar-refractivity contribution < 1.29 is 9.18 Å². The molecule has 0 bridgehead atoms. The van der Waals surface area contributed by atoms with Gasteiger partial charge in [-0.1, -0.05) is 18.2 Å². The smallest absolute Gasteiger partial charge is 0.236 e. The molecule has 1 aromatic rings. The van der Waals surface area contributed by atoms with Crippen molar-refractivity contribution >= 4 is 5.91 Å². The van der Waals surface area contributed by atoms with Crippen LogP contribution in [0.25, 0.3) is 0 Å². The average Bonchev–Trinajstić information content (AvgIpc) is 2.29. The van der Waals surface area contributed by atoms with Gasteiger partial charge in [0, 0.05) is 20.1 Å². The Hall–Kier alpha value is -1.42. The van der Waals surface area contributed by atoms with Crippen LogP contribution in [0.5, 0.6) is 0 Å². The third-order valence-corrected chi connectivity index (χ3v) is 2.58. The molecule has 1 rings (SSSR count). The lowest BCUT2D eigenvalue weighted by atomic mass is 10.1. The monoisotopic (exact) mass is 238 g/mol. The highest BCUT2D eigenvalue weighted by Gasteiger charge is 2.09. The Balaban J connectivity index is 2.43. The van der Waals surface area contributed by atoms with Crippen LogP contribution >= 0.6 is 0 Å². The highest BCUT2D eigenvalue weighted by atomic mass is 19.1. The van der Waals surface area contributed by atoms with E-state index < -0.39 is 0 Å². The number of rotatable bonds is 5. The first-order chi connectivity index (χ1) is 8.00. The summed E-state index contributed by atoms with van der Waals surface area (Å²) in [5.41, 5.74) is 0.671. The van der Waals surface area contributed by atoms with Gasteiger partial charge in [0.15, 0.2) is 0 Å². The average molecular weight is 238 g/mol. The SMILES string of the molecule is CC(Cc1ccccc1F)NCC(=O)N(C)C. The van der Waals surface area contributed by atoms with Crippen LogP contribution < -0.4 is 5.32 Å². The molecule has 0 heterocycles. The first-order valence-corrected chi connectivity index (χ1v) is 5.67. The van der Waals surface area contributed by atoms with Crippen molar-refractivity contribution in [3.05, 3.63) is 35.6 Å². The third kappa shape index (κ3) is 4.53. The fraction of sp³-hybridized carbons (Fsp3) is 0.462. The minimum absolute atomic E-state index is 0.0189. The van der Waals surface area contributed by atoms with Gasteiger partial charge in [0.1, 0.15) is 5.82 Å². The lowest BCUT2D eigenvalue weighted by Crippen LogP contribution is -2.38. The van der Waals surface area contributed by atoms with E-state index in [-0.39, 0.29) is 24.3 Å². The summed E-state index contributed by atoms with van der Waals surface area (Å²) in [6.45, 7) is 2.22. The summed E-state index contributed by atoms with van der Waals surface area (Å²) in [6.07, 6.45) is 0.577. The number of carbonyl (C=O) groups excluding carboxylic acids is 1. The molecule has 1 unspecified atom stereocenters.